The van der Waals surface area contributed by atoms with Crippen LogP contribution in [0.5, 0.6) is 5.88 Å². The Bertz CT molecular complexity index is 1610. The van der Waals surface area contributed by atoms with Crippen molar-refractivity contribution in [3.8, 4) is 17.0 Å². The summed E-state index contributed by atoms with van der Waals surface area (Å²) >= 11 is 0. The number of halogens is 2. The smallest absolute Gasteiger partial charge is 0.216 e. The van der Waals surface area contributed by atoms with Gasteiger partial charge in [0.1, 0.15) is 11.5 Å². The van der Waals surface area contributed by atoms with Gasteiger partial charge in [-0.1, -0.05) is 6.07 Å². The fraction of sp³-hybridized carbons (Fsp3) is 0.310. The van der Waals surface area contributed by atoms with Crippen molar-refractivity contribution in [3.63, 3.8) is 0 Å². The minimum Gasteiger partial charge on any atom is -0.481 e. The van der Waals surface area contributed by atoms with Gasteiger partial charge in [0.2, 0.25) is 11.8 Å². The van der Waals surface area contributed by atoms with Crippen LogP contribution in [0, 0.1) is 11.8 Å². The third-order valence-electron chi connectivity index (χ3n) is 7.33. The Kier molecular flexibility index (Phi) is 7.02. The van der Waals surface area contributed by atoms with Crippen LogP contribution < -0.4 is 10.1 Å². The van der Waals surface area contributed by atoms with Crippen molar-refractivity contribution < 1.29 is 13.5 Å². The Morgan fingerprint density at radius 1 is 0.974 bits per heavy atom. The van der Waals surface area contributed by atoms with Gasteiger partial charge >= 0.3 is 0 Å². The highest BCUT2D eigenvalue weighted by atomic mass is 19.1. The molecule has 0 amide bonds. The zero-order chi connectivity index (χ0) is 26.8. The number of nitrogens with one attached hydrogen (secondary N) is 2. The van der Waals surface area contributed by atoms with E-state index in [2.05, 4.69) is 47.3 Å². The molecular formula is C29H29F2N7O. The Morgan fingerprint density at radius 3 is 2.67 bits per heavy atom. The Labute approximate surface area is 224 Å². The summed E-state index contributed by atoms with van der Waals surface area (Å²) in [7, 11) is 1.49. The summed E-state index contributed by atoms with van der Waals surface area (Å²) in [5.41, 5.74) is 5.37. The molecule has 0 aliphatic carbocycles. The summed E-state index contributed by atoms with van der Waals surface area (Å²) < 4.78 is 35.9. The van der Waals surface area contributed by atoms with Gasteiger partial charge in [0, 0.05) is 58.3 Å². The van der Waals surface area contributed by atoms with Crippen molar-refractivity contribution >= 4 is 11.0 Å². The minimum absolute atomic E-state index is 0.361. The summed E-state index contributed by atoms with van der Waals surface area (Å²) in [6.07, 6.45) is 12.2. The van der Waals surface area contributed by atoms with E-state index in [1.807, 2.05) is 24.7 Å². The number of rotatable bonds is 8. The van der Waals surface area contributed by atoms with Crippen LogP contribution in [0.15, 0.2) is 55.2 Å². The number of H-pyrrole nitrogens is 1. The molecule has 6 rings (SSSR count). The molecule has 0 spiro atoms. The standard InChI is InChI=1S/C29H29F2N7O/c1-39-29-19(11-23(30)16-35-29)3-5-24-4-2-18(27(31)37-24)10-21-14-34-28-26(21)12-20(13-33-28)22-15-36-38(17-22)25-6-8-32-9-7-25/h2,4,11-17,25,32H,3,5-10H2,1H3,(H,33,34). The van der Waals surface area contributed by atoms with Crippen molar-refractivity contribution in [2.24, 2.45) is 0 Å². The Balaban J connectivity index is 1.18. The third-order valence-corrected chi connectivity index (χ3v) is 7.33. The van der Waals surface area contributed by atoms with Crippen molar-refractivity contribution in [1.29, 1.82) is 0 Å². The normalized spacial score (nSPS) is 14.2. The van der Waals surface area contributed by atoms with Crippen LogP contribution in [0.1, 0.15) is 41.3 Å². The van der Waals surface area contributed by atoms with Crippen molar-refractivity contribution in [2.45, 2.75) is 38.1 Å². The van der Waals surface area contributed by atoms with Gasteiger partial charge in [-0.15, -0.1) is 0 Å². The van der Waals surface area contributed by atoms with E-state index in [4.69, 9.17) is 4.74 Å². The van der Waals surface area contributed by atoms with E-state index >= 15 is 4.39 Å². The molecular weight excluding hydrogens is 500 g/mol. The Morgan fingerprint density at radius 2 is 1.85 bits per heavy atom. The number of ether oxygens (including phenoxy) is 1. The molecule has 0 unspecified atom stereocenters. The average Bonchev–Trinajstić information content (AvgIpc) is 3.61. The van der Waals surface area contributed by atoms with Crippen LogP contribution in [0.4, 0.5) is 8.78 Å². The molecule has 200 valence electrons. The summed E-state index contributed by atoms with van der Waals surface area (Å²) in [4.78, 5) is 15.9. The SMILES string of the molecule is COc1ncc(F)cc1CCc1ccc(Cc2c[nH]c3ncc(-c4cnn(C5CCNCC5)c4)cc23)c(F)n1. The van der Waals surface area contributed by atoms with Gasteiger partial charge in [-0.25, -0.2) is 19.3 Å². The second kappa shape index (κ2) is 10.9. The first kappa shape index (κ1) is 25.1. The molecule has 0 aromatic carbocycles. The number of aryl methyl sites for hydroxylation is 2. The molecule has 0 saturated carbocycles. The van der Waals surface area contributed by atoms with Gasteiger partial charge < -0.3 is 15.0 Å². The summed E-state index contributed by atoms with van der Waals surface area (Å²) in [5.74, 6) is -0.592. The number of piperidine rings is 1. The predicted octanol–water partition coefficient (Wildman–Crippen LogP) is 4.80. The average molecular weight is 530 g/mol. The number of methoxy groups -OCH3 is 1. The maximum Gasteiger partial charge on any atom is 0.216 e. The number of hydrogen-bond acceptors (Lipinski definition) is 6. The number of aromatic nitrogens is 6. The number of hydrogen-bond donors (Lipinski definition) is 2. The highest BCUT2D eigenvalue weighted by Gasteiger charge is 2.17. The maximum absolute atomic E-state index is 15.1. The van der Waals surface area contributed by atoms with Gasteiger partial charge in [-0.05, 0) is 62.5 Å². The van der Waals surface area contributed by atoms with Crippen molar-refractivity contribution in [1.82, 2.24) is 35.0 Å². The largest absolute Gasteiger partial charge is 0.481 e. The second-order valence-corrected chi connectivity index (χ2v) is 9.88. The third kappa shape index (κ3) is 5.37. The van der Waals surface area contributed by atoms with Gasteiger partial charge in [0.05, 0.1) is 25.5 Å². The zero-order valence-electron chi connectivity index (χ0n) is 21.6. The van der Waals surface area contributed by atoms with E-state index in [0.29, 0.717) is 48.0 Å². The monoisotopic (exact) mass is 529 g/mol. The van der Waals surface area contributed by atoms with E-state index in [1.165, 1.54) is 13.2 Å². The zero-order valence-corrected chi connectivity index (χ0v) is 21.6. The van der Waals surface area contributed by atoms with Crippen LogP contribution in [0.2, 0.25) is 0 Å². The molecule has 5 aromatic heterocycles. The maximum atomic E-state index is 15.1. The van der Waals surface area contributed by atoms with Crippen molar-refractivity contribution in [3.05, 3.63) is 89.4 Å². The van der Waals surface area contributed by atoms with Gasteiger partial charge in [-0.3, -0.25) is 4.68 Å². The van der Waals surface area contributed by atoms with E-state index in [-0.39, 0.29) is 0 Å². The summed E-state index contributed by atoms with van der Waals surface area (Å²) in [5, 5.41) is 8.94. The van der Waals surface area contributed by atoms with Gasteiger partial charge in [0.15, 0.2) is 0 Å². The summed E-state index contributed by atoms with van der Waals surface area (Å²) in [6, 6.07) is 7.45. The van der Waals surface area contributed by atoms with E-state index < -0.39 is 11.8 Å². The van der Waals surface area contributed by atoms with Crippen LogP contribution in [-0.4, -0.2) is 49.9 Å². The predicted molar refractivity (Wildman–Crippen MR) is 144 cm³/mol. The van der Waals surface area contributed by atoms with Crippen LogP contribution in [0.3, 0.4) is 0 Å². The molecule has 0 atom stereocenters. The first-order chi connectivity index (χ1) is 19.1. The fourth-order valence-corrected chi connectivity index (χ4v) is 5.19. The first-order valence-corrected chi connectivity index (χ1v) is 13.1. The minimum atomic E-state index is -0.515. The molecule has 0 bridgehead atoms. The topological polar surface area (TPSA) is 93.5 Å². The molecule has 1 aliphatic rings. The molecule has 1 saturated heterocycles. The molecule has 0 radical (unpaired) electrons. The quantitative estimate of drug-likeness (QED) is 0.281. The number of pyridine rings is 3. The lowest BCUT2D eigenvalue weighted by Gasteiger charge is -2.22. The molecule has 39 heavy (non-hydrogen) atoms. The Hall–Kier alpha value is -4.18. The van der Waals surface area contributed by atoms with E-state index in [1.54, 1.807) is 6.07 Å². The van der Waals surface area contributed by atoms with Crippen LogP contribution >= 0.6 is 0 Å². The molecule has 8 nitrogen and oxygen atoms in total. The van der Waals surface area contributed by atoms with Gasteiger partial charge in [0.25, 0.3) is 0 Å². The number of nitrogens with zero attached hydrogens (tertiary/aromatic N) is 5. The lowest BCUT2D eigenvalue weighted by Crippen LogP contribution is -2.29. The van der Waals surface area contributed by atoms with E-state index in [0.717, 1.165) is 59.9 Å². The highest BCUT2D eigenvalue weighted by Crippen LogP contribution is 2.28. The highest BCUT2D eigenvalue weighted by molar-refractivity contribution is 5.84. The first-order valence-electron chi connectivity index (χ1n) is 13.1. The van der Waals surface area contributed by atoms with E-state index in [9.17, 15) is 4.39 Å². The summed E-state index contributed by atoms with van der Waals surface area (Å²) in [6.45, 7) is 2.01. The second-order valence-electron chi connectivity index (χ2n) is 9.88. The molecule has 2 N–H and O–H groups in total. The van der Waals surface area contributed by atoms with Crippen LogP contribution in [0.25, 0.3) is 22.2 Å². The molecule has 6 heterocycles. The van der Waals surface area contributed by atoms with Crippen LogP contribution in [-0.2, 0) is 19.3 Å². The molecule has 1 aliphatic heterocycles. The number of aromatic amines is 1. The molecule has 10 heteroatoms. The van der Waals surface area contributed by atoms with Gasteiger partial charge in [-0.2, -0.15) is 9.49 Å². The number of fused-ring (bicyclic) bond motifs is 1. The fourth-order valence-electron chi connectivity index (χ4n) is 5.19. The molecule has 5 aromatic rings. The lowest BCUT2D eigenvalue weighted by atomic mass is 10.0. The lowest BCUT2D eigenvalue weighted by molar-refractivity contribution is 0.343. The molecule has 1 fully saturated rings. The van der Waals surface area contributed by atoms with Crippen molar-refractivity contribution in [2.75, 3.05) is 20.2 Å².